The maximum absolute atomic E-state index is 11.8. The summed E-state index contributed by atoms with van der Waals surface area (Å²) in [5, 5.41) is 0. The number of carbonyl (C=O) groups is 1. The smallest absolute Gasteiger partial charge is 0.345 e. The molecule has 1 rings (SSSR count). The van der Waals surface area contributed by atoms with E-state index in [0.717, 1.165) is 6.42 Å². The van der Waals surface area contributed by atoms with Gasteiger partial charge >= 0.3 is 12.6 Å². The van der Waals surface area contributed by atoms with Crippen LogP contribution < -0.4 is 0 Å². The Kier molecular flexibility index (Phi) is 3.80. The fourth-order valence-electron chi connectivity index (χ4n) is 1.52. The summed E-state index contributed by atoms with van der Waals surface area (Å²) in [6, 6.07) is 0. The van der Waals surface area contributed by atoms with Crippen LogP contribution in [-0.2, 0) is 14.3 Å². The number of alkyl halides is 2. The molecule has 1 aliphatic carbocycles. The summed E-state index contributed by atoms with van der Waals surface area (Å²) < 4.78 is 32.6. The van der Waals surface area contributed by atoms with Gasteiger partial charge in [-0.3, -0.25) is 4.79 Å². The molecule has 82 valence electrons. The van der Waals surface area contributed by atoms with Crippen molar-refractivity contribution in [2.75, 3.05) is 13.2 Å². The molecule has 0 spiro atoms. The van der Waals surface area contributed by atoms with Crippen molar-refractivity contribution in [3.05, 3.63) is 0 Å². The van der Waals surface area contributed by atoms with Crippen molar-refractivity contribution < 1.29 is 23.0 Å². The summed E-state index contributed by atoms with van der Waals surface area (Å²) in [6.45, 7) is -1.08. The highest BCUT2D eigenvalue weighted by Gasteiger charge is 2.46. The third-order valence-electron chi connectivity index (χ3n) is 2.50. The fraction of sp³-hybridized carbons (Fsp3) is 0.889. The molecule has 0 amide bonds. The van der Waals surface area contributed by atoms with Crippen LogP contribution in [0.25, 0.3) is 0 Å². The minimum Gasteiger partial charge on any atom is -0.465 e. The molecule has 3 nitrogen and oxygen atoms in total. The van der Waals surface area contributed by atoms with E-state index in [9.17, 15) is 13.6 Å². The minimum atomic E-state index is -2.82. The van der Waals surface area contributed by atoms with Gasteiger partial charge in [0.1, 0.15) is 0 Å². The van der Waals surface area contributed by atoms with Crippen molar-refractivity contribution in [3.8, 4) is 0 Å². The molecular formula is C9H14F2O3. The number of rotatable bonds is 5. The van der Waals surface area contributed by atoms with Gasteiger partial charge in [-0.2, -0.15) is 8.78 Å². The van der Waals surface area contributed by atoms with Gasteiger partial charge in [0.2, 0.25) is 0 Å². The summed E-state index contributed by atoms with van der Waals surface area (Å²) in [7, 11) is 0. The van der Waals surface area contributed by atoms with Crippen molar-refractivity contribution in [2.24, 2.45) is 5.41 Å². The van der Waals surface area contributed by atoms with Crippen LogP contribution in [0.3, 0.4) is 0 Å². The zero-order chi connectivity index (χ0) is 10.6. The molecule has 0 N–H and O–H groups in total. The Labute approximate surface area is 81.4 Å². The first kappa shape index (κ1) is 11.4. The van der Waals surface area contributed by atoms with Gasteiger partial charge in [0.05, 0.1) is 18.6 Å². The van der Waals surface area contributed by atoms with Crippen LogP contribution >= 0.6 is 0 Å². The number of esters is 1. The lowest BCUT2D eigenvalue weighted by atomic mass is 9.69. The number of carbonyl (C=O) groups excluding carboxylic acids is 1. The summed E-state index contributed by atoms with van der Waals surface area (Å²) >= 11 is 0. The molecule has 1 fully saturated rings. The molecule has 0 aromatic rings. The van der Waals surface area contributed by atoms with Crippen molar-refractivity contribution >= 4 is 5.97 Å². The van der Waals surface area contributed by atoms with Crippen LogP contribution in [0.1, 0.15) is 26.2 Å². The number of halogens is 2. The third-order valence-corrected chi connectivity index (χ3v) is 2.50. The lowest BCUT2D eigenvalue weighted by molar-refractivity contribution is -0.188. The molecule has 0 aromatic heterocycles. The largest absolute Gasteiger partial charge is 0.465 e. The Morgan fingerprint density at radius 1 is 1.50 bits per heavy atom. The molecule has 0 saturated heterocycles. The van der Waals surface area contributed by atoms with Crippen LogP contribution in [0.4, 0.5) is 8.78 Å². The Hall–Kier alpha value is -0.710. The number of ether oxygens (including phenoxy) is 2. The van der Waals surface area contributed by atoms with Crippen molar-refractivity contribution in [1.82, 2.24) is 0 Å². The predicted molar refractivity (Wildman–Crippen MR) is 44.9 cm³/mol. The zero-order valence-corrected chi connectivity index (χ0v) is 8.09. The van der Waals surface area contributed by atoms with Gasteiger partial charge in [0.15, 0.2) is 0 Å². The summed E-state index contributed by atoms with van der Waals surface area (Å²) in [6.07, 6.45) is 2.03. The number of hydrogen-bond donors (Lipinski definition) is 0. The van der Waals surface area contributed by atoms with Gasteiger partial charge in [-0.1, -0.05) is 6.42 Å². The molecule has 0 atom stereocenters. The van der Waals surface area contributed by atoms with Gasteiger partial charge in [-0.15, -0.1) is 0 Å². The first-order chi connectivity index (χ1) is 6.60. The van der Waals surface area contributed by atoms with E-state index in [1.165, 1.54) is 0 Å². The molecule has 0 heterocycles. The standard InChI is InChI=1S/C9H14F2O3/c1-2-13-7(12)9(4-3-5-9)6-14-8(10)11/h8H,2-6H2,1H3. The normalized spacial score (nSPS) is 19.1. The lowest BCUT2D eigenvalue weighted by Crippen LogP contribution is -2.43. The molecule has 0 aliphatic heterocycles. The number of hydrogen-bond acceptors (Lipinski definition) is 3. The predicted octanol–water partition coefficient (Wildman–Crippen LogP) is 1.96. The van der Waals surface area contributed by atoms with Crippen molar-refractivity contribution in [1.29, 1.82) is 0 Å². The highest BCUT2D eigenvalue weighted by molar-refractivity contribution is 5.78. The molecule has 0 bridgehead atoms. The van der Waals surface area contributed by atoms with Crippen LogP contribution in [0.15, 0.2) is 0 Å². The first-order valence-electron chi connectivity index (χ1n) is 4.68. The van der Waals surface area contributed by atoms with E-state index in [4.69, 9.17) is 4.74 Å². The molecule has 0 radical (unpaired) electrons. The van der Waals surface area contributed by atoms with Crippen LogP contribution in [0, 0.1) is 5.41 Å². The average Bonchev–Trinajstić information content (AvgIpc) is 2.02. The Balaban J connectivity index is 2.44. The molecular weight excluding hydrogens is 194 g/mol. The molecule has 0 aromatic carbocycles. The van der Waals surface area contributed by atoms with Crippen LogP contribution in [0.5, 0.6) is 0 Å². The maximum atomic E-state index is 11.8. The first-order valence-corrected chi connectivity index (χ1v) is 4.68. The van der Waals surface area contributed by atoms with Gasteiger partial charge < -0.3 is 9.47 Å². The minimum absolute atomic E-state index is 0.233. The summed E-state index contributed by atoms with van der Waals surface area (Å²) in [4.78, 5) is 11.4. The maximum Gasteiger partial charge on any atom is 0.345 e. The fourth-order valence-corrected chi connectivity index (χ4v) is 1.52. The van der Waals surface area contributed by atoms with Crippen molar-refractivity contribution in [3.63, 3.8) is 0 Å². The zero-order valence-electron chi connectivity index (χ0n) is 8.09. The lowest BCUT2D eigenvalue weighted by Gasteiger charge is -2.38. The summed E-state index contributed by atoms with van der Waals surface area (Å²) in [5.74, 6) is -0.410. The van der Waals surface area contributed by atoms with Gasteiger partial charge in [0, 0.05) is 0 Å². The van der Waals surface area contributed by atoms with Gasteiger partial charge in [0.25, 0.3) is 0 Å². The Morgan fingerprint density at radius 3 is 2.50 bits per heavy atom. The van der Waals surface area contributed by atoms with E-state index >= 15 is 0 Å². The van der Waals surface area contributed by atoms with E-state index in [2.05, 4.69) is 4.74 Å². The second-order valence-corrected chi connectivity index (χ2v) is 3.43. The second kappa shape index (κ2) is 4.68. The van der Waals surface area contributed by atoms with E-state index in [0.29, 0.717) is 12.8 Å². The Morgan fingerprint density at radius 2 is 2.14 bits per heavy atom. The van der Waals surface area contributed by atoms with E-state index in [1.54, 1.807) is 6.92 Å². The van der Waals surface area contributed by atoms with Gasteiger partial charge in [-0.05, 0) is 19.8 Å². The molecule has 5 heteroatoms. The second-order valence-electron chi connectivity index (χ2n) is 3.43. The summed E-state index contributed by atoms with van der Waals surface area (Å²) in [5.41, 5.74) is -0.799. The quantitative estimate of drug-likeness (QED) is 0.648. The molecule has 0 unspecified atom stereocenters. The highest BCUT2D eigenvalue weighted by atomic mass is 19.3. The monoisotopic (exact) mass is 208 g/mol. The topological polar surface area (TPSA) is 35.5 Å². The molecule has 1 aliphatic rings. The van der Waals surface area contributed by atoms with E-state index in [1.807, 2.05) is 0 Å². The van der Waals surface area contributed by atoms with E-state index < -0.39 is 18.0 Å². The van der Waals surface area contributed by atoms with Crippen LogP contribution in [0.2, 0.25) is 0 Å². The molecule has 14 heavy (non-hydrogen) atoms. The van der Waals surface area contributed by atoms with Gasteiger partial charge in [-0.25, -0.2) is 0 Å². The Bertz CT molecular complexity index is 202. The molecule has 1 saturated carbocycles. The van der Waals surface area contributed by atoms with Crippen LogP contribution in [-0.4, -0.2) is 25.8 Å². The highest BCUT2D eigenvalue weighted by Crippen LogP contribution is 2.42. The third kappa shape index (κ3) is 2.41. The van der Waals surface area contributed by atoms with E-state index in [-0.39, 0.29) is 13.2 Å². The average molecular weight is 208 g/mol. The van der Waals surface area contributed by atoms with Crippen molar-refractivity contribution in [2.45, 2.75) is 32.8 Å². The SMILES string of the molecule is CCOC(=O)C1(COC(F)F)CCC1.